The van der Waals surface area contributed by atoms with Gasteiger partial charge in [0, 0.05) is 19.1 Å². The Labute approximate surface area is 110 Å². The van der Waals surface area contributed by atoms with Crippen molar-refractivity contribution >= 4 is 27.3 Å². The van der Waals surface area contributed by atoms with E-state index in [9.17, 15) is 0 Å². The first-order valence-corrected chi connectivity index (χ1v) is 7.53. The van der Waals surface area contributed by atoms with E-state index in [1.54, 1.807) is 11.3 Å². The van der Waals surface area contributed by atoms with Crippen molar-refractivity contribution in [3.8, 4) is 0 Å². The fourth-order valence-electron chi connectivity index (χ4n) is 2.42. The molecule has 16 heavy (non-hydrogen) atoms. The molecule has 2 rings (SSSR count). The average Bonchev–Trinajstić information content (AvgIpc) is 2.67. The number of nitrogens with zero attached hydrogens (tertiary/aromatic N) is 1. The number of hydrogen-bond donors (Lipinski definition) is 1. The molecule has 1 aromatic rings. The van der Waals surface area contributed by atoms with Crippen molar-refractivity contribution in [1.29, 1.82) is 0 Å². The zero-order valence-corrected chi connectivity index (χ0v) is 12.1. The lowest BCUT2D eigenvalue weighted by Gasteiger charge is -2.37. The molecule has 1 aliphatic rings. The summed E-state index contributed by atoms with van der Waals surface area (Å²) < 4.78 is 1.22. The summed E-state index contributed by atoms with van der Waals surface area (Å²) in [6.07, 6.45) is 2.56. The Kier molecular flexibility index (Phi) is 4.41. The van der Waals surface area contributed by atoms with E-state index in [4.69, 9.17) is 5.73 Å². The lowest BCUT2D eigenvalue weighted by atomic mass is 9.92. The topological polar surface area (TPSA) is 29.3 Å². The Balaban J connectivity index is 1.97. The maximum absolute atomic E-state index is 5.87. The van der Waals surface area contributed by atoms with Gasteiger partial charge in [-0.25, -0.2) is 0 Å². The standard InChI is InChI=1S/C12H19BrN2S/c1-9-2-3-15(11(4-9)6-14)7-10-5-12(13)16-8-10/h5,8-9,11H,2-4,6-7,14H2,1H3. The van der Waals surface area contributed by atoms with E-state index in [0.717, 1.165) is 19.0 Å². The molecule has 0 amide bonds. The molecule has 0 aliphatic carbocycles. The van der Waals surface area contributed by atoms with Gasteiger partial charge in [0.1, 0.15) is 0 Å². The van der Waals surface area contributed by atoms with Crippen LogP contribution in [0.3, 0.4) is 0 Å². The van der Waals surface area contributed by atoms with Gasteiger partial charge in [-0.2, -0.15) is 0 Å². The molecular weight excluding hydrogens is 284 g/mol. The number of likely N-dealkylation sites (tertiary alicyclic amines) is 1. The summed E-state index contributed by atoms with van der Waals surface area (Å²) in [6, 6.07) is 2.79. The van der Waals surface area contributed by atoms with Gasteiger partial charge in [-0.1, -0.05) is 6.92 Å². The maximum Gasteiger partial charge on any atom is 0.0701 e. The van der Waals surface area contributed by atoms with Crippen LogP contribution in [0.5, 0.6) is 0 Å². The molecule has 2 unspecified atom stereocenters. The van der Waals surface area contributed by atoms with Gasteiger partial charge in [0.05, 0.1) is 3.79 Å². The predicted octanol–water partition coefficient (Wildman–Crippen LogP) is 3.07. The van der Waals surface area contributed by atoms with E-state index in [2.05, 4.69) is 39.2 Å². The van der Waals surface area contributed by atoms with Gasteiger partial charge < -0.3 is 5.73 Å². The monoisotopic (exact) mass is 302 g/mol. The van der Waals surface area contributed by atoms with Crippen molar-refractivity contribution in [2.75, 3.05) is 13.1 Å². The second-order valence-electron chi connectivity index (χ2n) is 4.75. The lowest BCUT2D eigenvalue weighted by Crippen LogP contribution is -2.45. The van der Waals surface area contributed by atoms with Crippen LogP contribution in [-0.4, -0.2) is 24.0 Å². The summed E-state index contributed by atoms with van der Waals surface area (Å²) in [6.45, 7) is 5.37. The smallest absolute Gasteiger partial charge is 0.0701 e. The van der Waals surface area contributed by atoms with Crippen molar-refractivity contribution in [3.63, 3.8) is 0 Å². The zero-order chi connectivity index (χ0) is 11.5. The molecule has 0 radical (unpaired) electrons. The zero-order valence-electron chi connectivity index (χ0n) is 9.66. The third-order valence-corrected chi connectivity index (χ3v) is 4.93. The van der Waals surface area contributed by atoms with Crippen molar-refractivity contribution in [2.24, 2.45) is 11.7 Å². The Morgan fingerprint density at radius 3 is 3.06 bits per heavy atom. The number of piperidine rings is 1. The molecule has 1 fully saturated rings. The average molecular weight is 303 g/mol. The molecule has 2 atom stereocenters. The Bertz CT molecular complexity index is 340. The normalized spacial score (nSPS) is 27.2. The second-order valence-corrected chi connectivity index (χ2v) is 7.04. The molecule has 1 aliphatic heterocycles. The Hall–Kier alpha value is 0.1000. The van der Waals surface area contributed by atoms with Crippen molar-refractivity contribution in [3.05, 3.63) is 20.8 Å². The molecular formula is C12H19BrN2S. The van der Waals surface area contributed by atoms with Crippen LogP contribution in [0, 0.1) is 5.92 Å². The molecule has 0 aromatic carbocycles. The minimum absolute atomic E-state index is 0.572. The van der Waals surface area contributed by atoms with Crippen LogP contribution in [0.4, 0.5) is 0 Å². The number of nitrogens with two attached hydrogens (primary N) is 1. The molecule has 1 aromatic heterocycles. The summed E-state index contributed by atoms with van der Waals surface area (Å²) in [7, 11) is 0. The molecule has 1 saturated heterocycles. The Morgan fingerprint density at radius 2 is 2.44 bits per heavy atom. The van der Waals surface area contributed by atoms with Gasteiger partial charge in [-0.15, -0.1) is 11.3 Å². The van der Waals surface area contributed by atoms with E-state index in [1.165, 1.54) is 28.7 Å². The summed E-state index contributed by atoms with van der Waals surface area (Å²) in [5, 5.41) is 2.23. The van der Waals surface area contributed by atoms with E-state index >= 15 is 0 Å². The van der Waals surface area contributed by atoms with E-state index in [0.29, 0.717) is 6.04 Å². The van der Waals surface area contributed by atoms with E-state index in [-0.39, 0.29) is 0 Å². The summed E-state index contributed by atoms with van der Waals surface area (Å²) >= 11 is 5.28. The van der Waals surface area contributed by atoms with Gasteiger partial charge in [0.25, 0.3) is 0 Å². The van der Waals surface area contributed by atoms with Crippen LogP contribution in [0.1, 0.15) is 25.3 Å². The number of thiophene rings is 1. The highest BCUT2D eigenvalue weighted by Crippen LogP contribution is 2.26. The van der Waals surface area contributed by atoms with Gasteiger partial charge >= 0.3 is 0 Å². The number of hydrogen-bond acceptors (Lipinski definition) is 3. The molecule has 0 spiro atoms. The van der Waals surface area contributed by atoms with Crippen LogP contribution in [-0.2, 0) is 6.54 Å². The molecule has 0 saturated carbocycles. The lowest BCUT2D eigenvalue weighted by molar-refractivity contribution is 0.115. The van der Waals surface area contributed by atoms with Crippen molar-refractivity contribution in [1.82, 2.24) is 4.90 Å². The molecule has 2 nitrogen and oxygen atoms in total. The van der Waals surface area contributed by atoms with E-state index in [1.807, 2.05) is 0 Å². The van der Waals surface area contributed by atoms with Crippen LogP contribution in [0.15, 0.2) is 15.2 Å². The number of rotatable bonds is 3. The SMILES string of the molecule is CC1CCN(Cc2csc(Br)c2)C(CN)C1. The fraction of sp³-hybridized carbons (Fsp3) is 0.667. The quantitative estimate of drug-likeness (QED) is 0.930. The first-order chi connectivity index (χ1) is 7.69. The molecule has 0 bridgehead atoms. The van der Waals surface area contributed by atoms with Gasteiger partial charge in [0.2, 0.25) is 0 Å². The predicted molar refractivity (Wildman–Crippen MR) is 73.7 cm³/mol. The van der Waals surface area contributed by atoms with Gasteiger partial charge in [-0.3, -0.25) is 4.90 Å². The highest BCUT2D eigenvalue weighted by molar-refractivity contribution is 9.11. The second kappa shape index (κ2) is 5.63. The molecule has 2 heterocycles. The molecule has 4 heteroatoms. The minimum Gasteiger partial charge on any atom is -0.329 e. The van der Waals surface area contributed by atoms with Gasteiger partial charge in [-0.05, 0) is 58.2 Å². The fourth-order valence-corrected chi connectivity index (χ4v) is 3.62. The molecule has 90 valence electrons. The van der Waals surface area contributed by atoms with Crippen LogP contribution in [0.2, 0.25) is 0 Å². The van der Waals surface area contributed by atoms with Gasteiger partial charge in [0.15, 0.2) is 0 Å². The van der Waals surface area contributed by atoms with Crippen LogP contribution < -0.4 is 5.73 Å². The minimum atomic E-state index is 0.572. The third-order valence-electron chi connectivity index (χ3n) is 3.38. The van der Waals surface area contributed by atoms with Crippen LogP contribution in [0.25, 0.3) is 0 Å². The summed E-state index contributed by atoms with van der Waals surface area (Å²) in [4.78, 5) is 2.54. The number of halogens is 1. The first-order valence-electron chi connectivity index (χ1n) is 5.86. The van der Waals surface area contributed by atoms with E-state index < -0.39 is 0 Å². The maximum atomic E-state index is 5.87. The highest BCUT2D eigenvalue weighted by Gasteiger charge is 2.25. The summed E-state index contributed by atoms with van der Waals surface area (Å²) in [5.74, 6) is 0.832. The van der Waals surface area contributed by atoms with Crippen molar-refractivity contribution in [2.45, 2.75) is 32.4 Å². The summed E-state index contributed by atoms with van der Waals surface area (Å²) in [5.41, 5.74) is 7.27. The third kappa shape index (κ3) is 3.06. The Morgan fingerprint density at radius 1 is 1.62 bits per heavy atom. The molecule has 2 N–H and O–H groups in total. The van der Waals surface area contributed by atoms with Crippen molar-refractivity contribution < 1.29 is 0 Å². The first kappa shape index (κ1) is 12.6. The highest BCUT2D eigenvalue weighted by atomic mass is 79.9. The van der Waals surface area contributed by atoms with Crippen LogP contribution >= 0.6 is 27.3 Å². The largest absolute Gasteiger partial charge is 0.329 e.